The molecule has 0 radical (unpaired) electrons. The van der Waals surface area contributed by atoms with Crippen LogP contribution in [0.15, 0.2) is 12.1 Å². The van der Waals surface area contributed by atoms with Gasteiger partial charge in [-0.25, -0.2) is 0 Å². The summed E-state index contributed by atoms with van der Waals surface area (Å²) < 4.78 is 15.8. The van der Waals surface area contributed by atoms with Crippen molar-refractivity contribution in [3.05, 3.63) is 17.7 Å². The Morgan fingerprint density at radius 1 is 1.11 bits per heavy atom. The van der Waals surface area contributed by atoms with Crippen molar-refractivity contribution in [2.75, 3.05) is 21.3 Å². The van der Waals surface area contributed by atoms with E-state index in [1.54, 1.807) is 27.4 Å². The summed E-state index contributed by atoms with van der Waals surface area (Å²) in [7, 11) is 4.68. The normalized spacial score (nSPS) is 10.2. The topological polar surface area (TPSA) is 56.8 Å². The number of carbonyl (C=O) groups excluding carboxylic acids is 1. The van der Waals surface area contributed by atoms with Gasteiger partial charge in [-0.15, -0.1) is 0 Å². The van der Waals surface area contributed by atoms with E-state index in [0.717, 1.165) is 5.56 Å². The van der Waals surface area contributed by atoms with Crippen LogP contribution in [0.1, 0.15) is 19.4 Å². The highest BCUT2D eigenvalue weighted by molar-refractivity contribution is 5.78. The zero-order valence-electron chi connectivity index (χ0n) is 12.1. The summed E-state index contributed by atoms with van der Waals surface area (Å²) in [6, 6.07) is 3.64. The molecule has 5 heteroatoms. The number of methoxy groups -OCH3 is 3. The van der Waals surface area contributed by atoms with Crippen LogP contribution in [0.5, 0.6) is 17.2 Å². The molecule has 1 N–H and O–H groups in total. The first-order valence-corrected chi connectivity index (χ1v) is 6.10. The fourth-order valence-electron chi connectivity index (χ4n) is 1.69. The molecular weight excluding hydrogens is 246 g/mol. The predicted octanol–water partition coefficient (Wildman–Crippen LogP) is 1.98. The Labute approximate surface area is 113 Å². The Morgan fingerprint density at radius 3 is 2.21 bits per heavy atom. The van der Waals surface area contributed by atoms with E-state index in [1.165, 1.54) is 0 Å². The van der Waals surface area contributed by atoms with Crippen molar-refractivity contribution in [3.63, 3.8) is 0 Å². The maximum Gasteiger partial charge on any atom is 0.222 e. The second-order valence-electron chi connectivity index (χ2n) is 4.37. The van der Waals surface area contributed by atoms with Crippen LogP contribution in [0.25, 0.3) is 0 Å². The quantitative estimate of drug-likeness (QED) is 0.856. The first-order chi connectivity index (χ1) is 9.04. The van der Waals surface area contributed by atoms with E-state index in [0.29, 0.717) is 23.8 Å². The number of nitrogens with one attached hydrogen (secondary N) is 1. The highest BCUT2D eigenvalue weighted by atomic mass is 16.5. The van der Waals surface area contributed by atoms with Crippen LogP contribution in [-0.2, 0) is 11.3 Å². The molecule has 1 rings (SSSR count). The van der Waals surface area contributed by atoms with Crippen molar-refractivity contribution in [1.29, 1.82) is 0 Å². The van der Waals surface area contributed by atoms with Gasteiger partial charge in [0.15, 0.2) is 11.5 Å². The van der Waals surface area contributed by atoms with Crippen molar-refractivity contribution >= 4 is 5.91 Å². The maximum absolute atomic E-state index is 11.6. The lowest BCUT2D eigenvalue weighted by Gasteiger charge is -2.16. The molecule has 0 heterocycles. The van der Waals surface area contributed by atoms with Crippen molar-refractivity contribution in [3.8, 4) is 17.2 Å². The Morgan fingerprint density at radius 2 is 1.74 bits per heavy atom. The van der Waals surface area contributed by atoms with E-state index in [-0.39, 0.29) is 11.8 Å². The fraction of sp³-hybridized carbons (Fsp3) is 0.500. The SMILES string of the molecule is COc1ccc(CNC(=O)C(C)C)c(OC)c1OC. The number of carbonyl (C=O) groups is 1. The number of amides is 1. The molecule has 0 saturated carbocycles. The van der Waals surface area contributed by atoms with Gasteiger partial charge in [-0.05, 0) is 12.1 Å². The second kappa shape index (κ2) is 6.87. The summed E-state index contributed by atoms with van der Waals surface area (Å²) >= 11 is 0. The van der Waals surface area contributed by atoms with Gasteiger partial charge in [0.1, 0.15) is 0 Å². The van der Waals surface area contributed by atoms with E-state index in [1.807, 2.05) is 19.9 Å². The van der Waals surface area contributed by atoms with E-state index in [4.69, 9.17) is 14.2 Å². The zero-order chi connectivity index (χ0) is 14.4. The van der Waals surface area contributed by atoms with E-state index in [2.05, 4.69) is 5.32 Å². The van der Waals surface area contributed by atoms with Gasteiger partial charge in [-0.3, -0.25) is 4.79 Å². The minimum Gasteiger partial charge on any atom is -0.493 e. The van der Waals surface area contributed by atoms with Crippen LogP contribution in [0.2, 0.25) is 0 Å². The van der Waals surface area contributed by atoms with E-state index >= 15 is 0 Å². The molecular formula is C14H21NO4. The molecule has 0 aliphatic heterocycles. The summed E-state index contributed by atoms with van der Waals surface area (Å²) in [4.78, 5) is 11.6. The van der Waals surface area contributed by atoms with E-state index < -0.39 is 0 Å². The Kier molecular flexibility index (Phi) is 5.48. The third-order valence-electron chi connectivity index (χ3n) is 2.76. The molecule has 0 aromatic heterocycles. The van der Waals surface area contributed by atoms with Crippen molar-refractivity contribution < 1.29 is 19.0 Å². The lowest BCUT2D eigenvalue weighted by molar-refractivity contribution is -0.124. The molecule has 0 aliphatic carbocycles. The van der Waals surface area contributed by atoms with Crippen LogP contribution in [0.4, 0.5) is 0 Å². The van der Waals surface area contributed by atoms with E-state index in [9.17, 15) is 4.79 Å². The summed E-state index contributed by atoms with van der Waals surface area (Å²) in [5.41, 5.74) is 0.842. The van der Waals surface area contributed by atoms with Crippen LogP contribution in [-0.4, -0.2) is 27.2 Å². The molecule has 5 nitrogen and oxygen atoms in total. The Bertz CT molecular complexity index is 443. The van der Waals surface area contributed by atoms with Gasteiger partial charge in [0.05, 0.1) is 21.3 Å². The summed E-state index contributed by atoms with van der Waals surface area (Å²) in [5.74, 6) is 1.65. The Hall–Kier alpha value is -1.91. The molecule has 106 valence electrons. The third kappa shape index (κ3) is 3.53. The summed E-state index contributed by atoms with van der Waals surface area (Å²) in [6.45, 7) is 4.09. The first-order valence-electron chi connectivity index (χ1n) is 6.10. The molecule has 0 bridgehead atoms. The largest absolute Gasteiger partial charge is 0.493 e. The van der Waals surface area contributed by atoms with Crippen LogP contribution >= 0.6 is 0 Å². The number of ether oxygens (including phenoxy) is 3. The molecule has 0 saturated heterocycles. The zero-order valence-corrected chi connectivity index (χ0v) is 12.1. The highest BCUT2D eigenvalue weighted by Crippen LogP contribution is 2.39. The van der Waals surface area contributed by atoms with Crippen molar-refractivity contribution in [2.45, 2.75) is 20.4 Å². The van der Waals surface area contributed by atoms with Gasteiger partial charge < -0.3 is 19.5 Å². The standard InChI is InChI=1S/C14H21NO4/c1-9(2)14(16)15-8-10-6-7-11(17-3)13(19-5)12(10)18-4/h6-7,9H,8H2,1-5H3,(H,15,16). The van der Waals surface area contributed by atoms with Gasteiger partial charge in [0.2, 0.25) is 11.7 Å². The molecule has 1 aromatic rings. The highest BCUT2D eigenvalue weighted by Gasteiger charge is 2.16. The average molecular weight is 267 g/mol. The van der Waals surface area contributed by atoms with Crippen molar-refractivity contribution in [2.24, 2.45) is 5.92 Å². The van der Waals surface area contributed by atoms with Crippen LogP contribution in [0.3, 0.4) is 0 Å². The molecule has 0 unspecified atom stereocenters. The third-order valence-corrected chi connectivity index (χ3v) is 2.76. The van der Waals surface area contributed by atoms with Crippen LogP contribution in [0, 0.1) is 5.92 Å². The first kappa shape index (κ1) is 15.1. The smallest absolute Gasteiger partial charge is 0.222 e. The Balaban J connectivity index is 2.98. The molecule has 0 fully saturated rings. The summed E-state index contributed by atoms with van der Waals surface area (Å²) in [6.07, 6.45) is 0. The van der Waals surface area contributed by atoms with Gasteiger partial charge in [0, 0.05) is 18.0 Å². The monoisotopic (exact) mass is 267 g/mol. The molecule has 19 heavy (non-hydrogen) atoms. The lowest BCUT2D eigenvalue weighted by Crippen LogP contribution is -2.27. The maximum atomic E-state index is 11.6. The number of hydrogen-bond acceptors (Lipinski definition) is 4. The minimum atomic E-state index is -0.0499. The number of benzene rings is 1. The van der Waals surface area contributed by atoms with Crippen LogP contribution < -0.4 is 19.5 Å². The van der Waals surface area contributed by atoms with Gasteiger partial charge >= 0.3 is 0 Å². The van der Waals surface area contributed by atoms with Gasteiger partial charge in [-0.2, -0.15) is 0 Å². The second-order valence-corrected chi connectivity index (χ2v) is 4.37. The average Bonchev–Trinajstić information content (AvgIpc) is 2.42. The van der Waals surface area contributed by atoms with Gasteiger partial charge in [-0.1, -0.05) is 13.8 Å². The summed E-state index contributed by atoms with van der Waals surface area (Å²) in [5, 5.41) is 2.85. The van der Waals surface area contributed by atoms with Crippen molar-refractivity contribution in [1.82, 2.24) is 5.32 Å². The van der Waals surface area contributed by atoms with Gasteiger partial charge in [0.25, 0.3) is 0 Å². The fourth-order valence-corrected chi connectivity index (χ4v) is 1.69. The molecule has 1 aromatic carbocycles. The molecule has 0 atom stereocenters. The molecule has 1 amide bonds. The number of rotatable bonds is 6. The lowest BCUT2D eigenvalue weighted by atomic mass is 10.1. The minimum absolute atomic E-state index is 0.00293. The molecule has 0 spiro atoms. The molecule has 0 aliphatic rings. The predicted molar refractivity (Wildman–Crippen MR) is 72.8 cm³/mol. The number of hydrogen-bond donors (Lipinski definition) is 1.